The Kier molecular flexibility index (Phi) is 4.87. The highest BCUT2D eigenvalue weighted by Crippen LogP contribution is 2.37. The van der Waals surface area contributed by atoms with Gasteiger partial charge in [0.25, 0.3) is 0 Å². The molecule has 0 unspecified atom stereocenters. The van der Waals surface area contributed by atoms with E-state index in [0.717, 1.165) is 34.2 Å². The summed E-state index contributed by atoms with van der Waals surface area (Å²) in [6.07, 6.45) is 0.608. The summed E-state index contributed by atoms with van der Waals surface area (Å²) in [6, 6.07) is 26.8. The fourth-order valence-corrected chi connectivity index (χ4v) is 4.91. The van der Waals surface area contributed by atoms with E-state index in [2.05, 4.69) is 47.9 Å². The Hall–Kier alpha value is -3.38. The van der Waals surface area contributed by atoms with E-state index in [0.29, 0.717) is 11.6 Å². The number of hydrogen-bond acceptors (Lipinski definition) is 4. The lowest BCUT2D eigenvalue weighted by Crippen LogP contribution is -2.32. The summed E-state index contributed by atoms with van der Waals surface area (Å²) in [6.45, 7) is 2.09. The molecule has 0 amide bonds. The molecule has 31 heavy (non-hydrogen) atoms. The summed E-state index contributed by atoms with van der Waals surface area (Å²) in [4.78, 5) is 20.9. The van der Waals surface area contributed by atoms with E-state index in [9.17, 15) is 9.90 Å². The van der Waals surface area contributed by atoms with Crippen molar-refractivity contribution >= 4 is 50.5 Å². The number of thioether (sulfide) groups is 1. The number of rotatable bonds is 3. The zero-order valence-corrected chi connectivity index (χ0v) is 17.8. The quantitative estimate of drug-likeness (QED) is 0.467. The third-order valence-corrected chi connectivity index (χ3v) is 6.46. The van der Waals surface area contributed by atoms with Gasteiger partial charge in [-0.3, -0.25) is 9.36 Å². The fraction of sp³-hybridized carbons (Fsp3) is 0.160. The van der Waals surface area contributed by atoms with Gasteiger partial charge in [-0.05, 0) is 24.6 Å². The molecule has 0 saturated heterocycles. The Morgan fingerprint density at radius 3 is 2.16 bits per heavy atom. The highest BCUT2D eigenvalue weighted by atomic mass is 32.2. The molecule has 1 atom stereocenters. The van der Waals surface area contributed by atoms with E-state index >= 15 is 0 Å². The van der Waals surface area contributed by atoms with E-state index in [1.165, 1.54) is 10.8 Å². The number of benzene rings is 3. The van der Waals surface area contributed by atoms with Crippen molar-refractivity contribution < 1.29 is 9.90 Å². The number of carboxylic acid groups (broad SMARTS) is 1. The Balaban J connectivity index is 1.71. The topological polar surface area (TPSA) is 67.0 Å². The molecule has 6 heteroatoms. The lowest BCUT2D eigenvalue weighted by molar-refractivity contribution is -0.133. The predicted molar refractivity (Wildman–Crippen MR) is 128 cm³/mol. The van der Waals surface area contributed by atoms with Crippen LogP contribution in [0.2, 0.25) is 0 Å². The average molecular weight is 428 g/mol. The summed E-state index contributed by atoms with van der Waals surface area (Å²) >= 11 is 1.16. The molecule has 154 valence electrons. The van der Waals surface area contributed by atoms with Crippen LogP contribution in [0.25, 0.3) is 21.8 Å². The van der Waals surface area contributed by atoms with Gasteiger partial charge < -0.3 is 5.11 Å². The number of carboxylic acids is 1. The molecule has 1 aromatic heterocycles. The Bertz CT molecular complexity index is 1300. The third kappa shape index (κ3) is 3.53. The Morgan fingerprint density at radius 2 is 1.55 bits per heavy atom. The normalized spacial score (nSPS) is 18.7. The molecule has 0 bridgehead atoms. The molecule has 1 N–H and O–H groups in total. The molecule has 5 nitrogen and oxygen atoms in total. The van der Waals surface area contributed by atoms with Crippen LogP contribution < -0.4 is 0 Å². The molecule has 0 radical (unpaired) electrons. The smallest absolute Gasteiger partial charge is 0.313 e. The summed E-state index contributed by atoms with van der Waals surface area (Å²) in [5.41, 5.74) is 2.72. The van der Waals surface area contributed by atoms with E-state index in [4.69, 9.17) is 9.98 Å². The molecule has 1 aliphatic heterocycles. The van der Waals surface area contributed by atoms with Gasteiger partial charge in [-0.15, -0.1) is 0 Å². The Morgan fingerprint density at radius 1 is 0.968 bits per heavy atom. The van der Waals surface area contributed by atoms with Crippen LogP contribution in [-0.4, -0.2) is 32.4 Å². The van der Waals surface area contributed by atoms with Crippen molar-refractivity contribution in [3.05, 3.63) is 84.4 Å². The van der Waals surface area contributed by atoms with Gasteiger partial charge in [-0.1, -0.05) is 78.5 Å². The van der Waals surface area contributed by atoms with Crippen molar-refractivity contribution in [3.8, 4) is 0 Å². The molecule has 5 rings (SSSR count). The van der Waals surface area contributed by atoms with Crippen LogP contribution in [0.1, 0.15) is 18.9 Å². The van der Waals surface area contributed by atoms with Crippen LogP contribution in [-0.2, 0) is 10.3 Å². The first-order valence-electron chi connectivity index (χ1n) is 10.1. The molecule has 0 saturated carbocycles. The lowest BCUT2D eigenvalue weighted by atomic mass is 9.88. The maximum atomic E-state index is 11.2. The van der Waals surface area contributed by atoms with Gasteiger partial charge in [-0.25, -0.2) is 9.98 Å². The monoisotopic (exact) mass is 427 g/mol. The van der Waals surface area contributed by atoms with Crippen molar-refractivity contribution in [3.63, 3.8) is 0 Å². The largest absolute Gasteiger partial charge is 0.481 e. The SMILES string of the molecule is C[C@@]1(c2ccccc2)CC(n2c3ccccc3c3ccccc32)=NC(SCC(=O)O)=N1. The molecule has 0 fully saturated rings. The van der Waals surface area contributed by atoms with Crippen molar-refractivity contribution in [2.45, 2.75) is 18.9 Å². The number of para-hydroxylation sites is 2. The van der Waals surface area contributed by atoms with Crippen LogP contribution >= 0.6 is 11.8 Å². The first-order chi connectivity index (χ1) is 15.0. The van der Waals surface area contributed by atoms with Crippen LogP contribution in [0.5, 0.6) is 0 Å². The second-order valence-electron chi connectivity index (χ2n) is 7.79. The molecule has 1 aliphatic rings. The molecule has 3 aromatic carbocycles. The Labute approximate surface area is 184 Å². The van der Waals surface area contributed by atoms with Crippen LogP contribution in [0.15, 0.2) is 88.8 Å². The fourth-order valence-electron chi connectivity index (χ4n) is 4.22. The highest BCUT2D eigenvalue weighted by molar-refractivity contribution is 8.14. The van der Waals surface area contributed by atoms with Gasteiger partial charge in [0.2, 0.25) is 0 Å². The summed E-state index contributed by atoms with van der Waals surface area (Å²) < 4.78 is 2.20. The van der Waals surface area contributed by atoms with E-state index in [1.54, 1.807) is 0 Å². The molecular formula is C25H21N3O2S. The van der Waals surface area contributed by atoms with Gasteiger partial charge in [0.05, 0.1) is 22.3 Å². The second-order valence-corrected chi connectivity index (χ2v) is 8.73. The van der Waals surface area contributed by atoms with Crippen LogP contribution in [0.3, 0.4) is 0 Å². The van der Waals surface area contributed by atoms with Crippen molar-refractivity contribution in [2.24, 2.45) is 9.98 Å². The van der Waals surface area contributed by atoms with Gasteiger partial charge in [0.15, 0.2) is 5.17 Å². The minimum absolute atomic E-state index is 0.0757. The zero-order valence-electron chi connectivity index (χ0n) is 17.0. The van der Waals surface area contributed by atoms with Crippen molar-refractivity contribution in [1.82, 2.24) is 4.57 Å². The standard InChI is InChI=1S/C25H21N3O2S/c1-25(17-9-3-2-4-10-17)15-22(26-24(27-25)31-16-23(29)30)28-20-13-7-5-11-18(20)19-12-6-8-14-21(19)28/h2-14H,15-16H2,1H3,(H,29,30)/t25-/m0/s1. The zero-order chi connectivity index (χ0) is 21.4. The number of carbonyl (C=O) groups is 1. The second kappa shape index (κ2) is 7.71. The van der Waals surface area contributed by atoms with Crippen molar-refractivity contribution in [1.29, 1.82) is 0 Å². The van der Waals surface area contributed by atoms with Crippen LogP contribution in [0.4, 0.5) is 0 Å². The molecule has 4 aromatic rings. The molecular weight excluding hydrogens is 406 g/mol. The number of nitrogens with zero attached hydrogens (tertiary/aromatic N) is 3. The number of aromatic nitrogens is 1. The average Bonchev–Trinajstić information content (AvgIpc) is 3.13. The highest BCUT2D eigenvalue weighted by Gasteiger charge is 2.34. The molecule has 0 aliphatic carbocycles. The van der Waals surface area contributed by atoms with Gasteiger partial charge in [0, 0.05) is 17.2 Å². The minimum atomic E-state index is -0.881. The summed E-state index contributed by atoms with van der Waals surface area (Å²) in [7, 11) is 0. The van der Waals surface area contributed by atoms with E-state index in [1.807, 2.05) is 42.5 Å². The number of aliphatic imine (C=N–C) groups is 2. The van der Waals surface area contributed by atoms with Gasteiger partial charge in [0.1, 0.15) is 5.84 Å². The predicted octanol–water partition coefficient (Wildman–Crippen LogP) is 5.53. The lowest BCUT2D eigenvalue weighted by Gasteiger charge is -2.31. The molecule has 2 heterocycles. The van der Waals surface area contributed by atoms with Crippen molar-refractivity contribution in [2.75, 3.05) is 5.75 Å². The van der Waals surface area contributed by atoms with Gasteiger partial charge >= 0.3 is 5.97 Å². The van der Waals surface area contributed by atoms with E-state index in [-0.39, 0.29) is 5.75 Å². The van der Waals surface area contributed by atoms with Gasteiger partial charge in [-0.2, -0.15) is 0 Å². The summed E-state index contributed by atoms with van der Waals surface area (Å²) in [5.74, 6) is -0.0897. The number of fused-ring (bicyclic) bond motifs is 3. The summed E-state index contributed by atoms with van der Waals surface area (Å²) in [5, 5.41) is 12.0. The molecule has 0 spiro atoms. The first kappa shape index (κ1) is 19.6. The number of hydrogen-bond donors (Lipinski definition) is 1. The third-order valence-electron chi connectivity index (χ3n) is 5.63. The number of aliphatic carboxylic acids is 1. The maximum absolute atomic E-state index is 11.2. The minimum Gasteiger partial charge on any atom is -0.481 e. The maximum Gasteiger partial charge on any atom is 0.313 e. The number of amidine groups is 1. The van der Waals surface area contributed by atoms with Crippen LogP contribution in [0, 0.1) is 0 Å². The first-order valence-corrected chi connectivity index (χ1v) is 11.1. The van der Waals surface area contributed by atoms with E-state index < -0.39 is 11.5 Å².